The monoisotopic (exact) mass is 473 g/mol. The second kappa shape index (κ2) is 10.8. The Morgan fingerprint density at radius 1 is 1.18 bits per heavy atom. The van der Waals surface area contributed by atoms with E-state index in [1.165, 1.54) is 4.68 Å². The number of aryl methyl sites for hydroxylation is 2. The minimum Gasteiger partial charge on any atom is -0.451 e. The lowest BCUT2D eigenvalue weighted by Crippen LogP contribution is -2.22. The molecule has 1 aromatic heterocycles. The molecule has 2 atom stereocenters. The third-order valence-corrected chi connectivity index (χ3v) is 5.61. The molecule has 2 aromatic rings. The van der Waals surface area contributed by atoms with Gasteiger partial charge in [-0.1, -0.05) is 63.6 Å². The molecule has 0 saturated heterocycles. The number of nitrogens with zero attached hydrogens (tertiary/aromatic N) is 3. The summed E-state index contributed by atoms with van der Waals surface area (Å²) in [5.41, 5.74) is 2.98. The summed E-state index contributed by atoms with van der Waals surface area (Å²) in [6.45, 7) is 13.3. The van der Waals surface area contributed by atoms with Gasteiger partial charge in [0.15, 0.2) is 5.76 Å². The van der Waals surface area contributed by atoms with E-state index in [0.717, 1.165) is 5.56 Å². The SMILES string of the molecule is CCC(C)OC(=O)OC(C)O/C(=C(/C#N)c1ccc(C(C)(C)C)cc1)c1c(Cl)c(C)nn1C. The van der Waals surface area contributed by atoms with Gasteiger partial charge < -0.3 is 14.2 Å². The standard InChI is InChI=1S/C25H32ClN3O4/c1-9-15(2)31-24(30)33-17(4)32-23(22-21(26)16(3)28-29(22)8)20(14-27)18-10-12-19(13-11-18)25(5,6)7/h10-13,15,17H,9H2,1-8H3/b23-20-. The molecule has 178 valence electrons. The van der Waals surface area contributed by atoms with Gasteiger partial charge in [-0.25, -0.2) is 4.79 Å². The Morgan fingerprint density at radius 3 is 2.24 bits per heavy atom. The third kappa shape index (κ3) is 6.52. The van der Waals surface area contributed by atoms with E-state index in [4.69, 9.17) is 25.8 Å². The maximum absolute atomic E-state index is 12.1. The quantitative estimate of drug-likeness (QED) is 0.200. The van der Waals surface area contributed by atoms with Gasteiger partial charge in [-0.2, -0.15) is 10.4 Å². The van der Waals surface area contributed by atoms with Crippen molar-refractivity contribution >= 4 is 29.1 Å². The summed E-state index contributed by atoms with van der Waals surface area (Å²) in [5, 5.41) is 14.8. The molecule has 0 N–H and O–H groups in total. The van der Waals surface area contributed by atoms with Gasteiger partial charge in [-0.3, -0.25) is 4.68 Å². The van der Waals surface area contributed by atoms with Crippen LogP contribution in [-0.4, -0.2) is 28.3 Å². The summed E-state index contributed by atoms with van der Waals surface area (Å²) in [5.74, 6) is 0.165. The number of rotatable bonds is 7. The van der Waals surface area contributed by atoms with Crippen LogP contribution in [0.4, 0.5) is 4.79 Å². The molecule has 0 aliphatic rings. The molecule has 1 aromatic carbocycles. The Balaban J connectivity index is 2.53. The van der Waals surface area contributed by atoms with Crippen LogP contribution in [0, 0.1) is 18.3 Å². The molecule has 33 heavy (non-hydrogen) atoms. The zero-order valence-corrected chi connectivity index (χ0v) is 21.3. The van der Waals surface area contributed by atoms with E-state index in [2.05, 4.69) is 31.9 Å². The number of aromatic nitrogens is 2. The molecular formula is C25H32ClN3O4. The van der Waals surface area contributed by atoms with Crippen molar-refractivity contribution in [2.24, 2.45) is 7.05 Å². The van der Waals surface area contributed by atoms with Crippen molar-refractivity contribution in [3.05, 3.63) is 51.8 Å². The van der Waals surface area contributed by atoms with Crippen LogP contribution in [0.5, 0.6) is 0 Å². The van der Waals surface area contributed by atoms with Gasteiger partial charge >= 0.3 is 6.16 Å². The number of halogens is 1. The zero-order chi connectivity index (χ0) is 24.9. The first-order valence-electron chi connectivity index (χ1n) is 10.9. The van der Waals surface area contributed by atoms with Crippen molar-refractivity contribution < 1.29 is 19.0 Å². The number of ether oxygens (including phenoxy) is 3. The van der Waals surface area contributed by atoms with Crippen molar-refractivity contribution in [3.8, 4) is 6.07 Å². The Kier molecular flexibility index (Phi) is 8.57. The summed E-state index contributed by atoms with van der Waals surface area (Å²) >= 11 is 6.52. The predicted molar refractivity (Wildman–Crippen MR) is 128 cm³/mol. The molecule has 8 heteroatoms. The van der Waals surface area contributed by atoms with Crippen molar-refractivity contribution in [2.75, 3.05) is 0 Å². The lowest BCUT2D eigenvalue weighted by Gasteiger charge is -2.21. The first kappa shape index (κ1) is 26.3. The number of benzene rings is 1. The smallest absolute Gasteiger partial charge is 0.451 e. The number of carbonyl (C=O) groups excluding carboxylic acids is 1. The summed E-state index contributed by atoms with van der Waals surface area (Å²) in [6, 6.07) is 9.90. The molecular weight excluding hydrogens is 442 g/mol. The van der Waals surface area contributed by atoms with Crippen LogP contribution in [0.3, 0.4) is 0 Å². The van der Waals surface area contributed by atoms with Crippen LogP contribution in [-0.2, 0) is 26.7 Å². The van der Waals surface area contributed by atoms with Crippen molar-refractivity contribution in [1.29, 1.82) is 5.26 Å². The molecule has 2 rings (SSSR count). The van der Waals surface area contributed by atoms with E-state index in [9.17, 15) is 10.1 Å². The van der Waals surface area contributed by atoms with Crippen LogP contribution in [0.25, 0.3) is 11.3 Å². The number of nitriles is 1. The molecule has 0 radical (unpaired) electrons. The first-order chi connectivity index (χ1) is 15.4. The van der Waals surface area contributed by atoms with E-state index < -0.39 is 12.4 Å². The maximum Gasteiger partial charge on any atom is 0.511 e. The van der Waals surface area contributed by atoms with Crippen molar-refractivity contribution in [3.63, 3.8) is 0 Å². The van der Waals surface area contributed by atoms with E-state index in [0.29, 0.717) is 28.4 Å². The topological polar surface area (TPSA) is 86.4 Å². The Morgan fingerprint density at radius 2 is 1.79 bits per heavy atom. The van der Waals surface area contributed by atoms with Crippen LogP contribution in [0.2, 0.25) is 5.02 Å². The minimum absolute atomic E-state index is 0.0326. The predicted octanol–water partition coefficient (Wildman–Crippen LogP) is 6.39. The van der Waals surface area contributed by atoms with E-state index in [-0.39, 0.29) is 22.9 Å². The van der Waals surface area contributed by atoms with E-state index >= 15 is 0 Å². The average Bonchev–Trinajstić information content (AvgIpc) is 2.98. The molecule has 0 aliphatic carbocycles. The molecule has 0 saturated carbocycles. The fourth-order valence-corrected chi connectivity index (χ4v) is 3.34. The van der Waals surface area contributed by atoms with Gasteiger partial charge in [-0.15, -0.1) is 0 Å². The van der Waals surface area contributed by atoms with Gasteiger partial charge in [0.05, 0.1) is 10.7 Å². The van der Waals surface area contributed by atoms with Crippen molar-refractivity contribution in [1.82, 2.24) is 9.78 Å². The zero-order valence-electron chi connectivity index (χ0n) is 20.5. The summed E-state index contributed by atoms with van der Waals surface area (Å²) in [6.07, 6.45) is -1.52. The highest BCUT2D eigenvalue weighted by Crippen LogP contribution is 2.35. The third-order valence-electron chi connectivity index (χ3n) is 5.16. The van der Waals surface area contributed by atoms with Crippen molar-refractivity contribution in [2.45, 2.75) is 72.7 Å². The van der Waals surface area contributed by atoms with Gasteiger partial charge in [0.1, 0.15) is 23.4 Å². The molecule has 0 amide bonds. The normalized spacial score (nSPS) is 14.1. The van der Waals surface area contributed by atoms with Crippen LogP contribution >= 0.6 is 11.6 Å². The summed E-state index contributed by atoms with van der Waals surface area (Å²) < 4.78 is 17.9. The summed E-state index contributed by atoms with van der Waals surface area (Å²) in [4.78, 5) is 12.1. The highest BCUT2D eigenvalue weighted by atomic mass is 35.5. The Labute approximate surface area is 200 Å². The maximum atomic E-state index is 12.1. The van der Waals surface area contributed by atoms with Gasteiger partial charge in [-0.05, 0) is 36.8 Å². The lowest BCUT2D eigenvalue weighted by atomic mass is 9.86. The second-order valence-electron chi connectivity index (χ2n) is 8.90. The molecule has 2 unspecified atom stereocenters. The van der Waals surface area contributed by atoms with Gasteiger partial charge in [0.2, 0.25) is 6.29 Å². The number of hydrogen-bond acceptors (Lipinski definition) is 6. The second-order valence-corrected chi connectivity index (χ2v) is 9.28. The molecule has 0 fully saturated rings. The number of hydrogen-bond donors (Lipinski definition) is 0. The van der Waals surface area contributed by atoms with Crippen LogP contribution in [0.15, 0.2) is 24.3 Å². The van der Waals surface area contributed by atoms with E-state index in [1.54, 1.807) is 27.8 Å². The largest absolute Gasteiger partial charge is 0.511 e. The molecule has 7 nitrogen and oxygen atoms in total. The number of allylic oxidation sites excluding steroid dienone is 1. The van der Waals surface area contributed by atoms with Gasteiger partial charge in [0, 0.05) is 14.0 Å². The highest BCUT2D eigenvalue weighted by molar-refractivity contribution is 6.33. The first-order valence-corrected chi connectivity index (χ1v) is 11.3. The average molecular weight is 474 g/mol. The minimum atomic E-state index is -1.04. The Bertz CT molecular complexity index is 1060. The Hall–Kier alpha value is -2.98. The lowest BCUT2D eigenvalue weighted by molar-refractivity contribution is -0.0753. The molecule has 0 bridgehead atoms. The number of carbonyl (C=O) groups is 1. The molecule has 0 spiro atoms. The summed E-state index contributed by atoms with van der Waals surface area (Å²) in [7, 11) is 1.71. The van der Waals surface area contributed by atoms with Crippen LogP contribution in [0.1, 0.15) is 70.5 Å². The molecule has 1 heterocycles. The van der Waals surface area contributed by atoms with E-state index in [1.807, 2.05) is 31.2 Å². The fourth-order valence-electron chi connectivity index (χ4n) is 3.10. The van der Waals surface area contributed by atoms with Crippen LogP contribution < -0.4 is 0 Å². The highest BCUT2D eigenvalue weighted by Gasteiger charge is 2.26. The fraction of sp³-hybridized carbons (Fsp3) is 0.480. The van der Waals surface area contributed by atoms with Gasteiger partial charge in [0.25, 0.3) is 0 Å². The molecule has 0 aliphatic heterocycles.